The zero-order chi connectivity index (χ0) is 14.3. The SMILES string of the molecule is COc1ccc(NC(=O)CCC(C)CCN)c(C)c1. The fourth-order valence-electron chi connectivity index (χ4n) is 1.92. The van der Waals surface area contributed by atoms with E-state index in [0.29, 0.717) is 18.9 Å². The van der Waals surface area contributed by atoms with Gasteiger partial charge in [-0.3, -0.25) is 4.79 Å². The molecular formula is C15H24N2O2. The van der Waals surface area contributed by atoms with E-state index in [4.69, 9.17) is 10.5 Å². The molecule has 1 atom stereocenters. The molecule has 0 saturated carbocycles. The molecule has 4 nitrogen and oxygen atoms in total. The van der Waals surface area contributed by atoms with Crippen LogP contribution in [-0.4, -0.2) is 19.6 Å². The van der Waals surface area contributed by atoms with Gasteiger partial charge in [-0.05, 0) is 56.0 Å². The Morgan fingerprint density at radius 2 is 2.16 bits per heavy atom. The van der Waals surface area contributed by atoms with E-state index in [1.165, 1.54) is 0 Å². The molecule has 0 saturated heterocycles. The smallest absolute Gasteiger partial charge is 0.224 e. The van der Waals surface area contributed by atoms with Gasteiger partial charge in [-0.1, -0.05) is 6.92 Å². The number of anilines is 1. The minimum atomic E-state index is 0.0529. The Labute approximate surface area is 115 Å². The lowest BCUT2D eigenvalue weighted by molar-refractivity contribution is -0.116. The third-order valence-electron chi connectivity index (χ3n) is 3.23. The van der Waals surface area contributed by atoms with Gasteiger partial charge in [0.25, 0.3) is 0 Å². The molecule has 1 amide bonds. The summed E-state index contributed by atoms with van der Waals surface area (Å²) >= 11 is 0. The lowest BCUT2D eigenvalue weighted by Gasteiger charge is -2.12. The molecule has 0 aromatic heterocycles. The van der Waals surface area contributed by atoms with E-state index in [-0.39, 0.29) is 5.91 Å². The number of carbonyl (C=O) groups is 1. The van der Waals surface area contributed by atoms with Crippen molar-refractivity contribution in [2.24, 2.45) is 11.7 Å². The molecule has 106 valence electrons. The van der Waals surface area contributed by atoms with Crippen LogP contribution in [0.25, 0.3) is 0 Å². The third kappa shape index (κ3) is 5.30. The summed E-state index contributed by atoms with van der Waals surface area (Å²) in [5.74, 6) is 1.34. The lowest BCUT2D eigenvalue weighted by Crippen LogP contribution is -2.14. The molecule has 3 N–H and O–H groups in total. The van der Waals surface area contributed by atoms with E-state index in [9.17, 15) is 4.79 Å². The van der Waals surface area contributed by atoms with Crippen molar-refractivity contribution in [1.29, 1.82) is 0 Å². The maximum Gasteiger partial charge on any atom is 0.224 e. The van der Waals surface area contributed by atoms with Gasteiger partial charge in [0.2, 0.25) is 5.91 Å². The van der Waals surface area contributed by atoms with E-state index in [2.05, 4.69) is 12.2 Å². The van der Waals surface area contributed by atoms with Gasteiger partial charge in [0.05, 0.1) is 7.11 Å². The fraction of sp³-hybridized carbons (Fsp3) is 0.533. The number of carbonyl (C=O) groups excluding carboxylic acids is 1. The highest BCUT2D eigenvalue weighted by Gasteiger charge is 2.08. The highest BCUT2D eigenvalue weighted by Crippen LogP contribution is 2.21. The molecule has 4 heteroatoms. The molecule has 0 bridgehead atoms. The number of hydrogen-bond acceptors (Lipinski definition) is 3. The molecular weight excluding hydrogens is 240 g/mol. The summed E-state index contributed by atoms with van der Waals surface area (Å²) in [5, 5.41) is 2.93. The summed E-state index contributed by atoms with van der Waals surface area (Å²) in [6, 6.07) is 5.63. The minimum Gasteiger partial charge on any atom is -0.497 e. The number of benzene rings is 1. The Morgan fingerprint density at radius 1 is 1.42 bits per heavy atom. The summed E-state index contributed by atoms with van der Waals surface area (Å²) in [6.07, 6.45) is 2.37. The number of nitrogens with two attached hydrogens (primary N) is 1. The van der Waals surface area contributed by atoms with Crippen LogP contribution in [0.5, 0.6) is 5.75 Å². The molecule has 0 heterocycles. The van der Waals surface area contributed by atoms with Crippen LogP contribution in [0, 0.1) is 12.8 Å². The maximum absolute atomic E-state index is 11.9. The first kappa shape index (κ1) is 15.5. The molecule has 0 aliphatic rings. The van der Waals surface area contributed by atoms with Crippen molar-refractivity contribution in [3.05, 3.63) is 23.8 Å². The molecule has 0 spiro atoms. The van der Waals surface area contributed by atoms with Crippen LogP contribution in [0.3, 0.4) is 0 Å². The number of methoxy groups -OCH3 is 1. The molecule has 1 aromatic rings. The predicted molar refractivity (Wildman–Crippen MR) is 78.4 cm³/mol. The zero-order valence-corrected chi connectivity index (χ0v) is 12.0. The molecule has 0 fully saturated rings. The number of ether oxygens (including phenoxy) is 1. The van der Waals surface area contributed by atoms with Crippen molar-refractivity contribution in [1.82, 2.24) is 0 Å². The van der Waals surface area contributed by atoms with Crippen LogP contribution >= 0.6 is 0 Å². The van der Waals surface area contributed by atoms with Crippen LogP contribution < -0.4 is 15.8 Å². The van der Waals surface area contributed by atoms with Crippen LogP contribution in [0.4, 0.5) is 5.69 Å². The zero-order valence-electron chi connectivity index (χ0n) is 12.0. The van der Waals surface area contributed by atoms with Crippen molar-refractivity contribution in [3.63, 3.8) is 0 Å². The third-order valence-corrected chi connectivity index (χ3v) is 3.23. The molecule has 0 radical (unpaired) electrons. The molecule has 1 unspecified atom stereocenters. The van der Waals surface area contributed by atoms with E-state index in [1.54, 1.807) is 7.11 Å². The Hall–Kier alpha value is -1.55. The summed E-state index contributed by atoms with van der Waals surface area (Å²) in [6.45, 7) is 4.76. The second-order valence-corrected chi connectivity index (χ2v) is 4.95. The van der Waals surface area contributed by atoms with Crippen molar-refractivity contribution in [2.45, 2.75) is 33.1 Å². The topological polar surface area (TPSA) is 64.3 Å². The lowest BCUT2D eigenvalue weighted by atomic mass is 10.0. The van der Waals surface area contributed by atoms with Crippen LogP contribution in [0.1, 0.15) is 31.7 Å². The van der Waals surface area contributed by atoms with Crippen LogP contribution in [0.2, 0.25) is 0 Å². The normalized spacial score (nSPS) is 12.0. The van der Waals surface area contributed by atoms with Gasteiger partial charge >= 0.3 is 0 Å². The largest absolute Gasteiger partial charge is 0.497 e. The van der Waals surface area contributed by atoms with Gasteiger partial charge in [0.1, 0.15) is 5.75 Å². The molecule has 19 heavy (non-hydrogen) atoms. The molecule has 0 aliphatic heterocycles. The summed E-state index contributed by atoms with van der Waals surface area (Å²) < 4.78 is 5.14. The second-order valence-electron chi connectivity index (χ2n) is 4.95. The van der Waals surface area contributed by atoms with Crippen molar-refractivity contribution in [3.8, 4) is 5.75 Å². The minimum absolute atomic E-state index is 0.0529. The fourth-order valence-corrected chi connectivity index (χ4v) is 1.92. The van der Waals surface area contributed by atoms with Crippen molar-refractivity contribution < 1.29 is 9.53 Å². The first-order valence-corrected chi connectivity index (χ1v) is 6.71. The van der Waals surface area contributed by atoms with E-state index in [0.717, 1.165) is 29.8 Å². The number of rotatable bonds is 7. The number of amides is 1. The summed E-state index contributed by atoms with van der Waals surface area (Å²) in [7, 11) is 1.63. The Balaban J connectivity index is 2.48. The second kappa shape index (κ2) is 7.79. The van der Waals surface area contributed by atoms with Crippen LogP contribution in [-0.2, 0) is 4.79 Å². The van der Waals surface area contributed by atoms with Gasteiger partial charge in [-0.2, -0.15) is 0 Å². The van der Waals surface area contributed by atoms with E-state index >= 15 is 0 Å². The van der Waals surface area contributed by atoms with Gasteiger partial charge < -0.3 is 15.8 Å². The average Bonchev–Trinajstić information content (AvgIpc) is 2.39. The molecule has 1 rings (SSSR count). The molecule has 0 aliphatic carbocycles. The van der Waals surface area contributed by atoms with E-state index < -0.39 is 0 Å². The monoisotopic (exact) mass is 264 g/mol. The Bertz CT molecular complexity index is 419. The predicted octanol–water partition coefficient (Wildman–Crippen LogP) is 2.71. The van der Waals surface area contributed by atoms with Gasteiger partial charge in [0, 0.05) is 12.1 Å². The van der Waals surface area contributed by atoms with Gasteiger partial charge in [-0.25, -0.2) is 0 Å². The Morgan fingerprint density at radius 3 is 2.74 bits per heavy atom. The summed E-state index contributed by atoms with van der Waals surface area (Å²) in [4.78, 5) is 11.9. The standard InChI is InChI=1S/C15H24N2O2/c1-11(8-9-16)4-7-15(18)17-14-6-5-13(19-3)10-12(14)2/h5-6,10-11H,4,7-9,16H2,1-3H3,(H,17,18). The van der Waals surface area contributed by atoms with Gasteiger partial charge in [0.15, 0.2) is 0 Å². The molecule has 1 aromatic carbocycles. The quantitative estimate of drug-likeness (QED) is 0.796. The highest BCUT2D eigenvalue weighted by atomic mass is 16.5. The highest BCUT2D eigenvalue weighted by molar-refractivity contribution is 5.91. The number of aryl methyl sites for hydroxylation is 1. The average molecular weight is 264 g/mol. The van der Waals surface area contributed by atoms with E-state index in [1.807, 2.05) is 25.1 Å². The first-order chi connectivity index (χ1) is 9.06. The van der Waals surface area contributed by atoms with Crippen molar-refractivity contribution >= 4 is 11.6 Å². The first-order valence-electron chi connectivity index (χ1n) is 6.71. The Kier molecular flexibility index (Phi) is 6.36. The maximum atomic E-state index is 11.9. The van der Waals surface area contributed by atoms with Gasteiger partial charge in [-0.15, -0.1) is 0 Å². The van der Waals surface area contributed by atoms with Crippen LogP contribution in [0.15, 0.2) is 18.2 Å². The van der Waals surface area contributed by atoms with Crippen molar-refractivity contribution in [2.75, 3.05) is 19.0 Å². The number of hydrogen-bond donors (Lipinski definition) is 2. The number of nitrogens with one attached hydrogen (secondary N) is 1. The summed E-state index contributed by atoms with van der Waals surface area (Å²) in [5.41, 5.74) is 7.34.